The van der Waals surface area contributed by atoms with Crippen LogP contribution in [0, 0.1) is 10.1 Å². The molecule has 0 bridgehead atoms. The minimum atomic E-state index is -0.760. The Hall–Kier alpha value is -2.71. The number of piperazine rings is 1. The van der Waals surface area contributed by atoms with Crippen molar-refractivity contribution in [2.45, 2.75) is 19.4 Å². The van der Waals surface area contributed by atoms with Crippen molar-refractivity contribution in [1.29, 1.82) is 0 Å². The van der Waals surface area contributed by atoms with Gasteiger partial charge in [-0.2, -0.15) is 0 Å². The van der Waals surface area contributed by atoms with Gasteiger partial charge in [0, 0.05) is 13.1 Å². The lowest BCUT2D eigenvalue weighted by Gasteiger charge is -2.33. The van der Waals surface area contributed by atoms with Crippen molar-refractivity contribution < 1.29 is 19.3 Å². The molecule has 0 aliphatic carbocycles. The van der Waals surface area contributed by atoms with Crippen molar-refractivity contribution in [3.8, 4) is 0 Å². The van der Waals surface area contributed by atoms with Crippen LogP contribution in [0.25, 0.3) is 0 Å². The van der Waals surface area contributed by atoms with Gasteiger partial charge in [-0.1, -0.05) is 6.92 Å². The highest BCUT2D eigenvalue weighted by Crippen LogP contribution is 2.19. The van der Waals surface area contributed by atoms with E-state index in [2.05, 4.69) is 5.32 Å². The van der Waals surface area contributed by atoms with Gasteiger partial charge in [0.15, 0.2) is 0 Å². The number of aryl methyl sites for hydroxylation is 1. The molecule has 0 saturated carbocycles. The fourth-order valence-electron chi connectivity index (χ4n) is 2.29. The van der Waals surface area contributed by atoms with Crippen LogP contribution >= 0.6 is 0 Å². The van der Waals surface area contributed by atoms with E-state index in [1.54, 1.807) is 6.92 Å². The highest BCUT2D eigenvalue weighted by molar-refractivity contribution is 6.07. The van der Waals surface area contributed by atoms with E-state index < -0.39 is 28.7 Å². The molecule has 2 heterocycles. The average Bonchev–Trinajstić information content (AvgIpc) is 2.79. The van der Waals surface area contributed by atoms with E-state index in [1.807, 2.05) is 0 Å². The summed E-state index contributed by atoms with van der Waals surface area (Å²) in [5.41, 5.74) is -0.163. The van der Waals surface area contributed by atoms with E-state index in [-0.39, 0.29) is 17.9 Å². The van der Waals surface area contributed by atoms with Crippen LogP contribution in [0.1, 0.15) is 23.8 Å². The number of nitro groups is 1. The van der Waals surface area contributed by atoms with E-state index in [0.29, 0.717) is 6.42 Å². The van der Waals surface area contributed by atoms with Crippen LogP contribution < -0.4 is 5.32 Å². The molecule has 112 valence electrons. The van der Waals surface area contributed by atoms with Crippen LogP contribution in [0.15, 0.2) is 12.3 Å². The molecule has 1 aliphatic heterocycles. The zero-order valence-electron chi connectivity index (χ0n) is 11.5. The average molecular weight is 294 g/mol. The lowest BCUT2D eigenvalue weighted by Crippen LogP contribution is -2.59. The Balaban J connectivity index is 2.35. The van der Waals surface area contributed by atoms with Crippen LogP contribution in [-0.4, -0.2) is 44.7 Å². The van der Waals surface area contributed by atoms with E-state index in [1.165, 1.54) is 17.8 Å². The second-order valence-corrected chi connectivity index (χ2v) is 4.72. The summed E-state index contributed by atoms with van der Waals surface area (Å²) in [5, 5.41) is 12.9. The van der Waals surface area contributed by atoms with Gasteiger partial charge in [0.05, 0.1) is 11.1 Å². The standard InChI is InChI=1S/C12H14N4O5/c1-3-8-11(18)13-10(17)6-15(8)12(19)9-4-7(16(20)21)5-14(9)2/h4-5,8H,3,6H2,1-2H3,(H,13,17,18). The molecule has 1 atom stereocenters. The molecule has 3 amide bonds. The van der Waals surface area contributed by atoms with E-state index in [4.69, 9.17) is 0 Å². The van der Waals surface area contributed by atoms with Crippen molar-refractivity contribution in [1.82, 2.24) is 14.8 Å². The van der Waals surface area contributed by atoms with Crippen LogP contribution in [0.4, 0.5) is 5.69 Å². The van der Waals surface area contributed by atoms with Crippen LogP contribution in [0.2, 0.25) is 0 Å². The maximum absolute atomic E-state index is 12.5. The molecule has 0 radical (unpaired) electrons. The number of rotatable bonds is 3. The Morgan fingerprint density at radius 3 is 2.71 bits per heavy atom. The highest BCUT2D eigenvalue weighted by Gasteiger charge is 2.37. The molecule has 9 nitrogen and oxygen atoms in total. The summed E-state index contributed by atoms with van der Waals surface area (Å²) in [6, 6.07) is 0.371. The Morgan fingerprint density at radius 2 is 2.19 bits per heavy atom. The summed E-state index contributed by atoms with van der Waals surface area (Å²) >= 11 is 0. The van der Waals surface area contributed by atoms with Gasteiger partial charge in [0.1, 0.15) is 18.3 Å². The Kier molecular flexibility index (Phi) is 3.74. The van der Waals surface area contributed by atoms with Crippen LogP contribution in [0.5, 0.6) is 0 Å². The molecule has 21 heavy (non-hydrogen) atoms. The third-order valence-corrected chi connectivity index (χ3v) is 3.32. The summed E-state index contributed by atoms with van der Waals surface area (Å²) < 4.78 is 1.31. The van der Waals surface area contributed by atoms with E-state index in [9.17, 15) is 24.5 Å². The number of imide groups is 1. The van der Waals surface area contributed by atoms with Crippen molar-refractivity contribution in [2.24, 2.45) is 7.05 Å². The second kappa shape index (κ2) is 5.35. The zero-order chi connectivity index (χ0) is 15.7. The number of carbonyl (C=O) groups excluding carboxylic acids is 3. The van der Waals surface area contributed by atoms with Gasteiger partial charge in [-0.05, 0) is 6.42 Å². The van der Waals surface area contributed by atoms with Crippen molar-refractivity contribution >= 4 is 23.4 Å². The molecule has 1 fully saturated rings. The molecular weight excluding hydrogens is 280 g/mol. The Labute approximate surface area is 119 Å². The minimum absolute atomic E-state index is 0.0580. The van der Waals surface area contributed by atoms with Crippen molar-refractivity contribution in [3.05, 3.63) is 28.1 Å². The number of aromatic nitrogens is 1. The summed E-state index contributed by atoms with van der Waals surface area (Å²) in [5.74, 6) is -1.69. The zero-order valence-corrected chi connectivity index (χ0v) is 11.5. The maximum Gasteiger partial charge on any atom is 0.287 e. The van der Waals surface area contributed by atoms with Gasteiger partial charge in [-0.25, -0.2) is 0 Å². The first-order valence-corrected chi connectivity index (χ1v) is 6.30. The lowest BCUT2D eigenvalue weighted by atomic mass is 10.1. The fourth-order valence-corrected chi connectivity index (χ4v) is 2.29. The number of nitrogens with one attached hydrogen (secondary N) is 1. The van der Waals surface area contributed by atoms with Gasteiger partial charge in [-0.15, -0.1) is 0 Å². The normalized spacial score (nSPS) is 18.6. The first-order valence-electron chi connectivity index (χ1n) is 6.30. The molecule has 1 N–H and O–H groups in total. The fraction of sp³-hybridized carbons (Fsp3) is 0.417. The van der Waals surface area contributed by atoms with Gasteiger partial charge in [-0.3, -0.25) is 29.8 Å². The van der Waals surface area contributed by atoms with Gasteiger partial charge in [0.2, 0.25) is 11.8 Å². The first kappa shape index (κ1) is 14.7. The van der Waals surface area contributed by atoms with Crippen molar-refractivity contribution in [2.75, 3.05) is 6.54 Å². The quantitative estimate of drug-likeness (QED) is 0.471. The number of carbonyl (C=O) groups is 3. The first-order chi connectivity index (χ1) is 9.85. The summed E-state index contributed by atoms with van der Waals surface area (Å²) in [4.78, 5) is 46.9. The molecule has 1 aromatic rings. The van der Waals surface area contributed by atoms with Crippen LogP contribution in [-0.2, 0) is 16.6 Å². The van der Waals surface area contributed by atoms with Gasteiger partial charge < -0.3 is 9.47 Å². The SMILES string of the molecule is CCC1C(=O)NC(=O)CN1C(=O)c1cc([N+](=O)[O-])cn1C. The maximum atomic E-state index is 12.5. The van der Waals surface area contributed by atoms with E-state index >= 15 is 0 Å². The third-order valence-electron chi connectivity index (χ3n) is 3.32. The molecule has 1 unspecified atom stereocenters. The Morgan fingerprint density at radius 1 is 1.52 bits per heavy atom. The summed E-state index contributed by atoms with van der Waals surface area (Å²) in [6.45, 7) is 1.47. The predicted octanol–water partition coefficient (Wildman–Crippen LogP) is -0.190. The lowest BCUT2D eigenvalue weighted by molar-refractivity contribution is -0.384. The second-order valence-electron chi connectivity index (χ2n) is 4.72. The van der Waals surface area contributed by atoms with Crippen molar-refractivity contribution in [3.63, 3.8) is 0 Å². The molecule has 1 saturated heterocycles. The summed E-state index contributed by atoms with van der Waals surface area (Å²) in [7, 11) is 1.49. The summed E-state index contributed by atoms with van der Waals surface area (Å²) in [6.07, 6.45) is 1.55. The minimum Gasteiger partial charge on any atom is -0.340 e. The van der Waals surface area contributed by atoms with Crippen LogP contribution in [0.3, 0.4) is 0 Å². The molecule has 1 aliphatic rings. The predicted molar refractivity (Wildman–Crippen MR) is 70.3 cm³/mol. The van der Waals surface area contributed by atoms with Gasteiger partial charge in [0.25, 0.3) is 11.6 Å². The highest BCUT2D eigenvalue weighted by atomic mass is 16.6. The molecule has 9 heteroatoms. The number of hydrogen-bond donors (Lipinski definition) is 1. The topological polar surface area (TPSA) is 115 Å². The number of amides is 3. The molecule has 1 aromatic heterocycles. The number of nitrogens with zero attached hydrogens (tertiary/aromatic N) is 3. The molecular formula is C12H14N4O5. The largest absolute Gasteiger partial charge is 0.340 e. The number of hydrogen-bond acceptors (Lipinski definition) is 5. The molecule has 0 aromatic carbocycles. The Bertz CT molecular complexity index is 636. The van der Waals surface area contributed by atoms with E-state index in [0.717, 1.165) is 11.0 Å². The molecule has 2 rings (SSSR count). The van der Waals surface area contributed by atoms with Gasteiger partial charge >= 0.3 is 0 Å². The monoisotopic (exact) mass is 294 g/mol. The smallest absolute Gasteiger partial charge is 0.287 e. The molecule has 0 spiro atoms. The third kappa shape index (κ3) is 2.62.